The van der Waals surface area contributed by atoms with Gasteiger partial charge >= 0.3 is 0 Å². The second-order valence-electron chi connectivity index (χ2n) is 7.40. The second kappa shape index (κ2) is 13.2. The molecule has 1 heterocycles. The zero-order valence-corrected chi connectivity index (χ0v) is 19.7. The third-order valence-corrected chi connectivity index (χ3v) is 4.82. The summed E-state index contributed by atoms with van der Waals surface area (Å²) in [6.45, 7) is 14.3. The zero-order valence-electron chi connectivity index (χ0n) is 17.3. The summed E-state index contributed by atoms with van der Waals surface area (Å²) in [5, 5.41) is 6.71. The summed E-state index contributed by atoms with van der Waals surface area (Å²) in [6, 6.07) is 8.79. The van der Waals surface area contributed by atoms with Gasteiger partial charge in [-0.25, -0.2) is 0 Å². The summed E-state index contributed by atoms with van der Waals surface area (Å²) < 4.78 is 5.77. The maximum absolute atomic E-state index is 5.77. The molecule has 2 N–H and O–H groups in total. The van der Waals surface area contributed by atoms with Gasteiger partial charge in [-0.05, 0) is 65.1 Å². The molecule has 27 heavy (non-hydrogen) atoms. The maximum atomic E-state index is 5.77. The minimum Gasteiger partial charge on any atom is -0.492 e. The van der Waals surface area contributed by atoms with Crippen molar-refractivity contribution in [3.8, 4) is 5.75 Å². The van der Waals surface area contributed by atoms with E-state index < -0.39 is 0 Å². The van der Waals surface area contributed by atoms with E-state index in [2.05, 4.69) is 55.4 Å². The summed E-state index contributed by atoms with van der Waals surface area (Å²) in [6.07, 6.45) is 2.56. The largest absolute Gasteiger partial charge is 0.492 e. The summed E-state index contributed by atoms with van der Waals surface area (Å²) in [5.41, 5.74) is 1.25. The van der Waals surface area contributed by atoms with Crippen molar-refractivity contribution >= 4 is 29.9 Å². The van der Waals surface area contributed by atoms with Crippen molar-refractivity contribution in [3.63, 3.8) is 0 Å². The average Bonchev–Trinajstić information content (AvgIpc) is 2.64. The predicted molar refractivity (Wildman–Crippen MR) is 126 cm³/mol. The predicted octanol–water partition coefficient (Wildman–Crippen LogP) is 3.67. The Morgan fingerprint density at radius 3 is 2.67 bits per heavy atom. The quantitative estimate of drug-likeness (QED) is 0.254. The minimum absolute atomic E-state index is 0. The van der Waals surface area contributed by atoms with E-state index in [1.54, 1.807) is 0 Å². The number of likely N-dealkylation sites (tertiary alicyclic amines) is 1. The van der Waals surface area contributed by atoms with Gasteiger partial charge in [0.15, 0.2) is 5.96 Å². The van der Waals surface area contributed by atoms with Gasteiger partial charge in [0.25, 0.3) is 0 Å². The van der Waals surface area contributed by atoms with Gasteiger partial charge in [-0.1, -0.05) is 17.7 Å². The van der Waals surface area contributed by atoms with Crippen molar-refractivity contribution in [2.75, 3.05) is 39.3 Å². The van der Waals surface area contributed by atoms with Gasteiger partial charge in [0.2, 0.25) is 0 Å². The van der Waals surface area contributed by atoms with Gasteiger partial charge in [-0.2, -0.15) is 0 Å². The van der Waals surface area contributed by atoms with Gasteiger partial charge in [0, 0.05) is 25.7 Å². The number of aryl methyl sites for hydroxylation is 1. The monoisotopic (exact) mass is 488 g/mol. The highest BCUT2D eigenvalue weighted by atomic mass is 127. The fourth-order valence-corrected chi connectivity index (χ4v) is 3.25. The van der Waals surface area contributed by atoms with E-state index in [0.717, 1.165) is 37.9 Å². The van der Waals surface area contributed by atoms with E-state index in [9.17, 15) is 0 Å². The Kier molecular flexibility index (Phi) is 11.7. The first-order valence-corrected chi connectivity index (χ1v) is 10.0. The molecule has 154 valence electrons. The fraction of sp³-hybridized carbons (Fsp3) is 0.667. The number of rotatable bonds is 8. The fourth-order valence-electron chi connectivity index (χ4n) is 3.25. The van der Waals surface area contributed by atoms with E-state index in [1.807, 2.05) is 12.1 Å². The number of guanidine groups is 1. The van der Waals surface area contributed by atoms with Crippen LogP contribution in [0.5, 0.6) is 5.75 Å². The molecule has 1 saturated heterocycles. The third-order valence-electron chi connectivity index (χ3n) is 4.82. The maximum Gasteiger partial charge on any atom is 0.191 e. The summed E-state index contributed by atoms with van der Waals surface area (Å²) >= 11 is 0. The molecule has 0 spiro atoms. The van der Waals surface area contributed by atoms with Crippen LogP contribution >= 0.6 is 24.0 Å². The Bertz CT molecular complexity index is 548. The number of hydrogen-bond acceptors (Lipinski definition) is 3. The van der Waals surface area contributed by atoms with Crippen LogP contribution in [0.15, 0.2) is 29.3 Å². The standard InChI is InChI=1S/C21H36N4O.HI/c1-5-22-21(23-12-14-26-20-10-8-18(4)9-11-20)24-15-19-7-6-13-25(16-19)17(2)3;/h8-11,17,19H,5-7,12-16H2,1-4H3,(H2,22,23,24);1H. The van der Waals surface area contributed by atoms with Crippen molar-refractivity contribution < 1.29 is 4.74 Å². The van der Waals surface area contributed by atoms with Gasteiger partial charge in [0.1, 0.15) is 12.4 Å². The van der Waals surface area contributed by atoms with Crippen molar-refractivity contribution in [2.45, 2.75) is 46.6 Å². The van der Waals surface area contributed by atoms with Crippen molar-refractivity contribution in [2.24, 2.45) is 10.9 Å². The van der Waals surface area contributed by atoms with Crippen LogP contribution in [0.4, 0.5) is 0 Å². The molecule has 0 amide bonds. The van der Waals surface area contributed by atoms with E-state index in [0.29, 0.717) is 18.6 Å². The molecule has 0 saturated carbocycles. The lowest BCUT2D eigenvalue weighted by Gasteiger charge is -2.34. The molecule has 2 rings (SSSR count). The molecule has 1 aromatic carbocycles. The number of nitrogens with one attached hydrogen (secondary N) is 2. The van der Waals surface area contributed by atoms with Crippen molar-refractivity contribution in [1.82, 2.24) is 15.5 Å². The molecule has 0 bridgehead atoms. The highest BCUT2D eigenvalue weighted by molar-refractivity contribution is 14.0. The molecule has 1 unspecified atom stereocenters. The Balaban J connectivity index is 0.00000364. The van der Waals surface area contributed by atoms with Gasteiger partial charge < -0.3 is 20.3 Å². The summed E-state index contributed by atoms with van der Waals surface area (Å²) in [5.74, 6) is 2.46. The number of piperidine rings is 1. The molecule has 1 atom stereocenters. The lowest BCUT2D eigenvalue weighted by molar-refractivity contribution is 0.143. The van der Waals surface area contributed by atoms with Crippen LogP contribution in [0.25, 0.3) is 0 Å². The number of halogens is 1. The highest BCUT2D eigenvalue weighted by Crippen LogP contribution is 2.18. The normalized spacial score (nSPS) is 18.1. The SMILES string of the molecule is CCNC(=NCC1CCCN(C(C)C)C1)NCCOc1ccc(C)cc1.I. The summed E-state index contributed by atoms with van der Waals surface area (Å²) in [4.78, 5) is 7.37. The highest BCUT2D eigenvalue weighted by Gasteiger charge is 2.21. The zero-order chi connectivity index (χ0) is 18.8. The Morgan fingerprint density at radius 1 is 1.26 bits per heavy atom. The first-order chi connectivity index (χ1) is 12.6. The molecule has 1 aliphatic rings. The van der Waals surface area contributed by atoms with E-state index in [4.69, 9.17) is 9.73 Å². The van der Waals surface area contributed by atoms with E-state index >= 15 is 0 Å². The van der Waals surface area contributed by atoms with Crippen LogP contribution in [-0.4, -0.2) is 56.2 Å². The first-order valence-electron chi connectivity index (χ1n) is 10.0. The number of benzene rings is 1. The van der Waals surface area contributed by atoms with Gasteiger partial charge in [0.05, 0.1) is 6.54 Å². The van der Waals surface area contributed by atoms with E-state index in [-0.39, 0.29) is 24.0 Å². The van der Waals surface area contributed by atoms with Crippen LogP contribution in [0.1, 0.15) is 39.2 Å². The van der Waals surface area contributed by atoms with Crippen LogP contribution in [-0.2, 0) is 0 Å². The molecular weight excluding hydrogens is 451 g/mol. The Hall–Kier alpha value is -1.02. The molecule has 1 aliphatic heterocycles. The molecule has 0 aromatic heterocycles. The second-order valence-corrected chi connectivity index (χ2v) is 7.40. The van der Waals surface area contributed by atoms with Crippen LogP contribution in [0.2, 0.25) is 0 Å². The molecule has 5 nitrogen and oxygen atoms in total. The molecule has 0 radical (unpaired) electrons. The van der Waals surface area contributed by atoms with E-state index in [1.165, 1.54) is 24.9 Å². The Labute approximate surface area is 182 Å². The number of nitrogens with zero attached hydrogens (tertiary/aromatic N) is 2. The molecule has 6 heteroatoms. The molecule has 1 aromatic rings. The lowest BCUT2D eigenvalue weighted by atomic mass is 9.97. The molecule has 0 aliphatic carbocycles. The smallest absolute Gasteiger partial charge is 0.191 e. The van der Waals surface area contributed by atoms with Crippen LogP contribution < -0.4 is 15.4 Å². The lowest BCUT2D eigenvalue weighted by Crippen LogP contribution is -2.42. The van der Waals surface area contributed by atoms with Gasteiger partial charge in [-0.3, -0.25) is 4.99 Å². The topological polar surface area (TPSA) is 48.9 Å². The molecular formula is C21H37IN4O. The third kappa shape index (κ3) is 9.14. The Morgan fingerprint density at radius 2 is 2.00 bits per heavy atom. The van der Waals surface area contributed by atoms with Crippen molar-refractivity contribution in [1.29, 1.82) is 0 Å². The van der Waals surface area contributed by atoms with Crippen molar-refractivity contribution in [3.05, 3.63) is 29.8 Å². The number of aliphatic imine (C=N–C) groups is 1. The minimum atomic E-state index is 0. The van der Waals surface area contributed by atoms with Crippen LogP contribution in [0.3, 0.4) is 0 Å². The first kappa shape index (κ1) is 24.0. The number of ether oxygens (including phenoxy) is 1. The van der Waals surface area contributed by atoms with Crippen LogP contribution in [0, 0.1) is 12.8 Å². The van der Waals surface area contributed by atoms with Gasteiger partial charge in [-0.15, -0.1) is 24.0 Å². The summed E-state index contributed by atoms with van der Waals surface area (Å²) in [7, 11) is 0. The average molecular weight is 488 g/mol. The number of hydrogen-bond donors (Lipinski definition) is 2. The molecule has 1 fully saturated rings.